The molecule has 192 valence electrons. The van der Waals surface area contributed by atoms with Crippen LogP contribution in [0.1, 0.15) is 30.0 Å². The van der Waals surface area contributed by atoms with Crippen molar-refractivity contribution in [2.75, 3.05) is 13.2 Å². The fraction of sp³-hybridized carbons (Fsp3) is 0.241. The Balaban J connectivity index is 1.27. The lowest BCUT2D eigenvalue weighted by atomic mass is 9.95. The summed E-state index contributed by atoms with van der Waals surface area (Å²) in [6, 6.07) is 19.3. The van der Waals surface area contributed by atoms with Crippen LogP contribution >= 0.6 is 0 Å². The molecular formula is C29H25N3O6. The minimum atomic E-state index is -0.910. The Labute approximate surface area is 218 Å². The molecule has 0 bridgehead atoms. The van der Waals surface area contributed by atoms with Crippen LogP contribution in [-0.2, 0) is 32.2 Å². The van der Waals surface area contributed by atoms with Gasteiger partial charge in [0.15, 0.2) is 11.7 Å². The van der Waals surface area contributed by atoms with E-state index in [1.807, 2.05) is 60.7 Å². The first-order valence-electron chi connectivity index (χ1n) is 12.1. The van der Waals surface area contributed by atoms with E-state index in [0.29, 0.717) is 29.9 Å². The number of allylic oxidation sites excluding steroid dienone is 1. The maximum atomic E-state index is 10.8. The van der Waals surface area contributed by atoms with Crippen molar-refractivity contribution in [2.24, 2.45) is 0 Å². The van der Waals surface area contributed by atoms with Gasteiger partial charge in [-0.05, 0) is 48.1 Å². The summed E-state index contributed by atoms with van der Waals surface area (Å²) in [5, 5.41) is 18.9. The van der Waals surface area contributed by atoms with Gasteiger partial charge in [0.1, 0.15) is 16.9 Å². The molecule has 9 heteroatoms. The summed E-state index contributed by atoms with van der Waals surface area (Å²) in [5.74, 6) is -0.293. The van der Waals surface area contributed by atoms with E-state index >= 15 is 0 Å². The van der Waals surface area contributed by atoms with E-state index in [1.54, 1.807) is 18.2 Å². The highest BCUT2D eigenvalue weighted by atomic mass is 16.5. The van der Waals surface area contributed by atoms with Gasteiger partial charge >= 0.3 is 11.9 Å². The van der Waals surface area contributed by atoms with E-state index in [0.717, 1.165) is 22.2 Å². The molecule has 5 rings (SSSR count). The molecule has 38 heavy (non-hydrogen) atoms. The van der Waals surface area contributed by atoms with Crippen molar-refractivity contribution in [3.8, 4) is 6.07 Å². The number of carboxylic acids is 1. The molecule has 2 heterocycles. The van der Waals surface area contributed by atoms with Crippen LogP contribution in [0, 0.1) is 11.3 Å². The molecule has 0 aliphatic heterocycles. The first kappa shape index (κ1) is 25.1. The number of nitriles is 1. The molecule has 0 radical (unpaired) electrons. The molecule has 1 unspecified atom stereocenters. The number of aromatic nitrogens is 2. The molecule has 1 N–H and O–H groups in total. The van der Waals surface area contributed by atoms with Gasteiger partial charge < -0.3 is 23.7 Å². The smallest absolute Gasteiger partial charge is 0.306 e. The summed E-state index contributed by atoms with van der Waals surface area (Å²) < 4.78 is 23.5. The SMILES string of the molecule is N#Cc1nc2ccc(COCC3(OCc4ccc5ccccc5n4)C=CC(OCCC(=O)O)=CC3)cc2o1. The summed E-state index contributed by atoms with van der Waals surface area (Å²) in [7, 11) is 0. The van der Waals surface area contributed by atoms with Crippen LogP contribution in [0.5, 0.6) is 0 Å². The quantitative estimate of drug-likeness (QED) is 0.294. The van der Waals surface area contributed by atoms with Crippen molar-refractivity contribution in [2.45, 2.75) is 31.7 Å². The van der Waals surface area contributed by atoms with E-state index in [2.05, 4.69) is 4.98 Å². The van der Waals surface area contributed by atoms with Crippen LogP contribution in [0.2, 0.25) is 0 Å². The monoisotopic (exact) mass is 511 g/mol. The number of nitrogens with zero attached hydrogens (tertiary/aromatic N) is 3. The van der Waals surface area contributed by atoms with Gasteiger partial charge in [-0.15, -0.1) is 0 Å². The zero-order valence-corrected chi connectivity index (χ0v) is 20.5. The first-order valence-corrected chi connectivity index (χ1v) is 12.1. The standard InChI is InChI=1S/C29H25N3O6/c30-16-27-32-25-8-5-20(15-26(25)38-27)17-35-19-29(12-9-23(10-13-29)36-14-11-28(33)34)37-18-22-7-6-21-3-1-2-4-24(21)31-22/h1-10,12,15H,11,13-14,17-19H2,(H,33,34). The van der Waals surface area contributed by atoms with Gasteiger partial charge in [-0.25, -0.2) is 0 Å². The van der Waals surface area contributed by atoms with E-state index < -0.39 is 11.6 Å². The van der Waals surface area contributed by atoms with Gasteiger partial charge in [0.25, 0.3) is 0 Å². The Hall–Kier alpha value is -4.52. The lowest BCUT2D eigenvalue weighted by Crippen LogP contribution is -2.37. The number of hydrogen-bond acceptors (Lipinski definition) is 8. The average Bonchev–Trinajstić information content (AvgIpc) is 3.35. The van der Waals surface area contributed by atoms with Crippen molar-refractivity contribution in [3.05, 3.63) is 95.7 Å². The zero-order chi connectivity index (χ0) is 26.4. The lowest BCUT2D eigenvalue weighted by Gasteiger charge is -2.32. The minimum absolute atomic E-state index is 0.0215. The summed E-state index contributed by atoms with van der Waals surface area (Å²) >= 11 is 0. The number of benzene rings is 2. The molecule has 9 nitrogen and oxygen atoms in total. The topological polar surface area (TPSA) is 128 Å². The Morgan fingerprint density at radius 3 is 2.82 bits per heavy atom. The van der Waals surface area contributed by atoms with Crippen LogP contribution < -0.4 is 0 Å². The summed E-state index contributed by atoms with van der Waals surface area (Å²) in [6.45, 7) is 0.933. The fourth-order valence-corrected chi connectivity index (χ4v) is 4.12. The third-order valence-corrected chi connectivity index (χ3v) is 6.11. The molecule has 0 spiro atoms. The number of aliphatic carboxylic acids is 1. The van der Waals surface area contributed by atoms with E-state index in [1.165, 1.54) is 0 Å². The van der Waals surface area contributed by atoms with Crippen LogP contribution in [0.4, 0.5) is 0 Å². The van der Waals surface area contributed by atoms with Crippen LogP contribution in [0.3, 0.4) is 0 Å². The third-order valence-electron chi connectivity index (χ3n) is 6.11. The molecule has 0 saturated carbocycles. The highest BCUT2D eigenvalue weighted by molar-refractivity contribution is 5.78. The molecule has 4 aromatic rings. The normalized spacial score (nSPS) is 16.9. The van der Waals surface area contributed by atoms with Gasteiger partial charge in [0, 0.05) is 11.8 Å². The van der Waals surface area contributed by atoms with Gasteiger partial charge in [0.05, 0.1) is 44.1 Å². The highest BCUT2D eigenvalue weighted by Gasteiger charge is 2.31. The van der Waals surface area contributed by atoms with Crippen molar-refractivity contribution in [3.63, 3.8) is 0 Å². The van der Waals surface area contributed by atoms with Crippen LogP contribution in [0.15, 0.2) is 83.0 Å². The first-order chi connectivity index (χ1) is 18.5. The Bertz CT molecular complexity index is 1570. The summed E-state index contributed by atoms with van der Waals surface area (Å²) in [6.07, 6.45) is 5.96. The van der Waals surface area contributed by atoms with Crippen molar-refractivity contribution < 1.29 is 28.5 Å². The predicted octanol–water partition coefficient (Wildman–Crippen LogP) is 5.05. The molecule has 2 aromatic heterocycles. The maximum absolute atomic E-state index is 10.8. The molecule has 1 aliphatic carbocycles. The number of rotatable bonds is 11. The molecule has 1 atom stereocenters. The maximum Gasteiger partial charge on any atom is 0.306 e. The predicted molar refractivity (Wildman–Crippen MR) is 138 cm³/mol. The number of hydrogen-bond donors (Lipinski definition) is 1. The molecule has 0 amide bonds. The minimum Gasteiger partial charge on any atom is -0.493 e. The van der Waals surface area contributed by atoms with Gasteiger partial charge in [-0.1, -0.05) is 30.3 Å². The number of carbonyl (C=O) groups is 1. The van der Waals surface area contributed by atoms with E-state index in [4.69, 9.17) is 34.0 Å². The second-order valence-electron chi connectivity index (χ2n) is 8.91. The lowest BCUT2D eigenvalue weighted by molar-refractivity contribution is -0.137. The molecule has 0 saturated heterocycles. The third kappa shape index (κ3) is 6.06. The summed E-state index contributed by atoms with van der Waals surface area (Å²) in [4.78, 5) is 19.6. The molecule has 0 fully saturated rings. The molecule has 1 aliphatic rings. The second-order valence-corrected chi connectivity index (χ2v) is 8.91. The number of ether oxygens (including phenoxy) is 3. The number of oxazole rings is 1. The van der Waals surface area contributed by atoms with Gasteiger partial charge in [-0.2, -0.15) is 10.2 Å². The number of pyridine rings is 1. The summed E-state index contributed by atoms with van der Waals surface area (Å²) in [5.41, 5.74) is 2.94. The Morgan fingerprint density at radius 2 is 2.00 bits per heavy atom. The van der Waals surface area contributed by atoms with Crippen molar-refractivity contribution in [1.82, 2.24) is 9.97 Å². The molecular weight excluding hydrogens is 486 g/mol. The zero-order valence-electron chi connectivity index (χ0n) is 20.5. The number of para-hydroxylation sites is 1. The van der Waals surface area contributed by atoms with Crippen LogP contribution in [0.25, 0.3) is 22.0 Å². The number of carboxylic acid groups (broad SMARTS) is 1. The van der Waals surface area contributed by atoms with E-state index in [9.17, 15) is 4.79 Å². The Kier molecular flexibility index (Phi) is 7.45. The molecule has 2 aromatic carbocycles. The fourth-order valence-electron chi connectivity index (χ4n) is 4.12. The number of fused-ring (bicyclic) bond motifs is 2. The van der Waals surface area contributed by atoms with Crippen molar-refractivity contribution in [1.29, 1.82) is 5.26 Å². The van der Waals surface area contributed by atoms with Crippen LogP contribution in [-0.4, -0.2) is 39.9 Å². The van der Waals surface area contributed by atoms with Gasteiger partial charge in [0.2, 0.25) is 0 Å². The largest absolute Gasteiger partial charge is 0.493 e. The average molecular weight is 512 g/mol. The van der Waals surface area contributed by atoms with E-state index in [-0.39, 0.29) is 32.1 Å². The van der Waals surface area contributed by atoms with Gasteiger partial charge in [-0.3, -0.25) is 9.78 Å². The second kappa shape index (κ2) is 11.3. The Morgan fingerprint density at radius 1 is 1.11 bits per heavy atom. The highest BCUT2D eigenvalue weighted by Crippen LogP contribution is 2.28. The van der Waals surface area contributed by atoms with Crippen molar-refractivity contribution >= 4 is 28.0 Å².